The van der Waals surface area contributed by atoms with Gasteiger partial charge in [0.15, 0.2) is 0 Å². The van der Waals surface area contributed by atoms with Gasteiger partial charge in [0.1, 0.15) is 0 Å². The highest BCUT2D eigenvalue weighted by Gasteiger charge is 2.07. The Morgan fingerprint density at radius 1 is 1.11 bits per heavy atom. The first-order valence-corrected chi connectivity index (χ1v) is 6.53. The highest BCUT2D eigenvalue weighted by atomic mass is 79.9. The zero-order chi connectivity index (χ0) is 13.8. The third-order valence-electron chi connectivity index (χ3n) is 2.64. The molecule has 0 saturated heterocycles. The summed E-state index contributed by atoms with van der Waals surface area (Å²) in [5, 5.41) is 2.83. The lowest BCUT2D eigenvalue weighted by atomic mass is 10.1. The van der Waals surface area contributed by atoms with Gasteiger partial charge in [-0.1, -0.05) is 34.1 Å². The van der Waals surface area contributed by atoms with Crippen LogP contribution in [0.4, 0.5) is 11.4 Å². The molecule has 0 unspecified atom stereocenters. The minimum atomic E-state index is -0.199. The summed E-state index contributed by atoms with van der Waals surface area (Å²) in [6.07, 6.45) is 0. The minimum Gasteiger partial charge on any atom is -0.399 e. The summed E-state index contributed by atoms with van der Waals surface area (Å²) in [5.74, 6) is -0.199. The number of nitrogen functional groups attached to an aromatic ring is 2. The van der Waals surface area contributed by atoms with Gasteiger partial charge < -0.3 is 16.8 Å². The molecule has 1 amide bonds. The maximum absolute atomic E-state index is 12.0. The topological polar surface area (TPSA) is 81.1 Å². The summed E-state index contributed by atoms with van der Waals surface area (Å²) < 4.78 is 0.961. The molecule has 4 nitrogen and oxygen atoms in total. The maximum Gasteiger partial charge on any atom is 0.251 e. The van der Waals surface area contributed by atoms with E-state index in [1.165, 1.54) is 0 Å². The van der Waals surface area contributed by atoms with Crippen LogP contribution in [0.2, 0.25) is 0 Å². The zero-order valence-corrected chi connectivity index (χ0v) is 11.8. The molecule has 5 N–H and O–H groups in total. The molecule has 0 aromatic heterocycles. The number of nitrogens with one attached hydrogen (secondary N) is 1. The van der Waals surface area contributed by atoms with Crippen LogP contribution in [0, 0.1) is 0 Å². The van der Waals surface area contributed by atoms with Gasteiger partial charge in [0.2, 0.25) is 0 Å². The first-order valence-electron chi connectivity index (χ1n) is 5.74. The van der Waals surface area contributed by atoms with E-state index in [1.54, 1.807) is 18.2 Å². The molecular weight excluding hydrogens is 306 g/mol. The molecule has 0 aliphatic heterocycles. The molecule has 0 saturated carbocycles. The van der Waals surface area contributed by atoms with Crippen LogP contribution in [-0.4, -0.2) is 5.91 Å². The first kappa shape index (κ1) is 13.4. The lowest BCUT2D eigenvalue weighted by Crippen LogP contribution is -2.23. The van der Waals surface area contributed by atoms with Crippen molar-refractivity contribution >= 4 is 33.2 Å². The normalized spacial score (nSPS) is 10.2. The summed E-state index contributed by atoms with van der Waals surface area (Å²) in [7, 11) is 0. The second-order valence-electron chi connectivity index (χ2n) is 4.16. The number of nitrogens with two attached hydrogens (primary N) is 2. The zero-order valence-electron chi connectivity index (χ0n) is 10.2. The van der Waals surface area contributed by atoms with E-state index in [9.17, 15) is 4.79 Å². The predicted octanol–water partition coefficient (Wildman–Crippen LogP) is 2.54. The van der Waals surface area contributed by atoms with Crippen molar-refractivity contribution in [1.82, 2.24) is 5.32 Å². The van der Waals surface area contributed by atoms with E-state index in [-0.39, 0.29) is 5.91 Å². The lowest BCUT2D eigenvalue weighted by Gasteiger charge is -2.08. The van der Waals surface area contributed by atoms with Crippen molar-refractivity contribution in [3.63, 3.8) is 0 Å². The molecule has 2 aromatic carbocycles. The van der Waals surface area contributed by atoms with Crippen LogP contribution in [0.3, 0.4) is 0 Å². The van der Waals surface area contributed by atoms with Gasteiger partial charge in [0.25, 0.3) is 5.91 Å². The number of hydrogen-bond donors (Lipinski definition) is 3. The van der Waals surface area contributed by atoms with Crippen LogP contribution < -0.4 is 16.8 Å². The van der Waals surface area contributed by atoms with Gasteiger partial charge in [-0.15, -0.1) is 0 Å². The highest BCUT2D eigenvalue weighted by molar-refractivity contribution is 9.10. The van der Waals surface area contributed by atoms with Crippen LogP contribution in [0.25, 0.3) is 0 Å². The largest absolute Gasteiger partial charge is 0.399 e. The number of rotatable bonds is 3. The molecule has 0 atom stereocenters. The number of anilines is 2. The number of carbonyl (C=O) groups is 1. The van der Waals surface area contributed by atoms with Gasteiger partial charge in [0, 0.05) is 28.0 Å². The Kier molecular flexibility index (Phi) is 4.06. The maximum atomic E-state index is 12.0. The Morgan fingerprint density at radius 2 is 1.74 bits per heavy atom. The Bertz CT molecular complexity index is 593. The quantitative estimate of drug-likeness (QED) is 0.760. The lowest BCUT2D eigenvalue weighted by molar-refractivity contribution is 0.0951. The van der Waals surface area contributed by atoms with Crippen molar-refractivity contribution in [3.05, 3.63) is 58.1 Å². The Labute approximate surface area is 119 Å². The van der Waals surface area contributed by atoms with Crippen molar-refractivity contribution in [2.45, 2.75) is 6.54 Å². The Morgan fingerprint density at radius 3 is 2.37 bits per heavy atom. The van der Waals surface area contributed by atoms with E-state index in [4.69, 9.17) is 11.5 Å². The smallest absolute Gasteiger partial charge is 0.251 e. The van der Waals surface area contributed by atoms with Crippen molar-refractivity contribution < 1.29 is 4.79 Å². The van der Waals surface area contributed by atoms with Gasteiger partial charge in [-0.05, 0) is 29.8 Å². The third-order valence-corrected chi connectivity index (χ3v) is 3.41. The Hall–Kier alpha value is -2.01. The number of amides is 1. The average molecular weight is 320 g/mol. The molecule has 0 heterocycles. The standard InChI is InChI=1S/C14H14BrN3O/c15-13-4-2-1-3-9(13)8-18-14(19)10-5-11(16)7-12(17)6-10/h1-7H,8,16-17H2,(H,18,19). The molecule has 0 aliphatic rings. The van der Waals surface area contributed by atoms with Crippen LogP contribution in [-0.2, 0) is 6.54 Å². The van der Waals surface area contributed by atoms with Crippen LogP contribution in [0.5, 0.6) is 0 Å². The molecular formula is C14H14BrN3O. The highest BCUT2D eigenvalue weighted by Crippen LogP contribution is 2.16. The van der Waals surface area contributed by atoms with Crippen LogP contribution in [0.1, 0.15) is 15.9 Å². The predicted molar refractivity (Wildman–Crippen MR) is 80.6 cm³/mol. The van der Waals surface area contributed by atoms with Gasteiger partial charge >= 0.3 is 0 Å². The van der Waals surface area contributed by atoms with E-state index >= 15 is 0 Å². The molecule has 0 aliphatic carbocycles. The first-order chi connectivity index (χ1) is 9.06. The molecule has 2 aromatic rings. The fraction of sp³-hybridized carbons (Fsp3) is 0.0714. The van der Waals surface area contributed by atoms with Crippen molar-refractivity contribution in [1.29, 1.82) is 0 Å². The summed E-state index contributed by atoms with van der Waals surface area (Å²) in [6.45, 7) is 0.439. The molecule has 0 bridgehead atoms. The summed E-state index contributed by atoms with van der Waals surface area (Å²) in [6, 6.07) is 12.5. The molecule has 2 rings (SSSR count). The second-order valence-corrected chi connectivity index (χ2v) is 5.02. The van der Waals surface area contributed by atoms with Crippen molar-refractivity contribution in [2.75, 3.05) is 11.5 Å². The fourth-order valence-corrected chi connectivity index (χ4v) is 2.15. The van der Waals surface area contributed by atoms with Gasteiger partial charge in [0.05, 0.1) is 0 Å². The molecule has 0 radical (unpaired) electrons. The third kappa shape index (κ3) is 3.48. The molecule has 0 fully saturated rings. The monoisotopic (exact) mass is 319 g/mol. The minimum absolute atomic E-state index is 0.199. The second kappa shape index (κ2) is 5.75. The Balaban J connectivity index is 2.08. The number of halogens is 1. The van der Waals surface area contributed by atoms with Crippen molar-refractivity contribution in [3.8, 4) is 0 Å². The average Bonchev–Trinajstić information content (AvgIpc) is 2.36. The van der Waals surface area contributed by atoms with Crippen molar-refractivity contribution in [2.24, 2.45) is 0 Å². The van der Waals surface area contributed by atoms with E-state index < -0.39 is 0 Å². The van der Waals surface area contributed by atoms with Gasteiger partial charge in [-0.3, -0.25) is 4.79 Å². The van der Waals surface area contributed by atoms with E-state index in [0.717, 1.165) is 10.0 Å². The SMILES string of the molecule is Nc1cc(N)cc(C(=O)NCc2ccccc2Br)c1. The van der Waals surface area contributed by atoms with Crippen LogP contribution in [0.15, 0.2) is 46.9 Å². The molecule has 19 heavy (non-hydrogen) atoms. The summed E-state index contributed by atoms with van der Waals surface area (Å²) in [4.78, 5) is 12.0. The van der Waals surface area contributed by atoms with Gasteiger partial charge in [-0.2, -0.15) is 0 Å². The van der Waals surface area contributed by atoms with E-state index in [1.807, 2.05) is 24.3 Å². The fourth-order valence-electron chi connectivity index (χ4n) is 1.73. The number of benzene rings is 2. The number of hydrogen-bond acceptors (Lipinski definition) is 3. The van der Waals surface area contributed by atoms with Gasteiger partial charge in [-0.25, -0.2) is 0 Å². The molecule has 98 valence electrons. The summed E-state index contributed by atoms with van der Waals surface area (Å²) in [5.41, 5.74) is 13.7. The molecule has 0 spiro atoms. The van der Waals surface area contributed by atoms with Crippen LogP contribution >= 0.6 is 15.9 Å². The molecule has 5 heteroatoms. The van der Waals surface area contributed by atoms with E-state index in [2.05, 4.69) is 21.2 Å². The summed E-state index contributed by atoms with van der Waals surface area (Å²) >= 11 is 3.43. The van der Waals surface area contributed by atoms with E-state index in [0.29, 0.717) is 23.5 Å². The number of carbonyl (C=O) groups excluding carboxylic acids is 1.